The molecule has 2 saturated heterocycles. The third-order valence-electron chi connectivity index (χ3n) is 8.41. The number of carbonyl (C=O) groups is 1. The number of halogens is 4. The van der Waals surface area contributed by atoms with Crippen LogP contribution in [0.25, 0.3) is 11.1 Å². The molecule has 0 radical (unpaired) electrons. The summed E-state index contributed by atoms with van der Waals surface area (Å²) in [4.78, 5) is 15.2. The summed E-state index contributed by atoms with van der Waals surface area (Å²) in [6.45, 7) is 2.16. The summed E-state index contributed by atoms with van der Waals surface area (Å²) in [5.74, 6) is -1.31. The van der Waals surface area contributed by atoms with Crippen molar-refractivity contribution in [3.8, 4) is 16.9 Å². The average molecular weight is 566 g/mol. The van der Waals surface area contributed by atoms with Crippen LogP contribution in [0.2, 0.25) is 10.0 Å². The Hall–Kier alpha value is -1.89. The van der Waals surface area contributed by atoms with Crippen LogP contribution in [0.3, 0.4) is 0 Å². The molecule has 206 valence electrons. The van der Waals surface area contributed by atoms with Crippen LogP contribution in [0.15, 0.2) is 24.3 Å². The van der Waals surface area contributed by atoms with Gasteiger partial charge in [0.05, 0.1) is 12.2 Å². The largest absolute Gasteiger partial charge is 0.493 e. The number of carbonyl (C=O) groups excluding carboxylic acids is 1. The summed E-state index contributed by atoms with van der Waals surface area (Å²) >= 11 is 13.2. The number of amides is 1. The highest BCUT2D eigenvalue weighted by atomic mass is 35.5. The van der Waals surface area contributed by atoms with Crippen molar-refractivity contribution in [2.75, 3.05) is 19.7 Å². The Morgan fingerprint density at radius 2 is 1.61 bits per heavy atom. The van der Waals surface area contributed by atoms with Crippen molar-refractivity contribution in [2.24, 2.45) is 5.92 Å². The van der Waals surface area contributed by atoms with E-state index in [0.29, 0.717) is 40.7 Å². The maximum Gasteiger partial charge on any atom is 0.226 e. The molecule has 4 nitrogen and oxygen atoms in total. The SMILES string of the molecule is O=C1C(Cc2c(Cl)cc(-c3c(F)cc(OCCC4CCCCN4)cc3F)cc2Cl)CCN1C1CCCCC1. The van der Waals surface area contributed by atoms with Crippen molar-refractivity contribution in [1.82, 2.24) is 10.2 Å². The van der Waals surface area contributed by atoms with Crippen LogP contribution in [-0.4, -0.2) is 42.6 Å². The number of rotatable bonds is 8. The zero-order valence-corrected chi connectivity index (χ0v) is 23.2. The highest BCUT2D eigenvalue weighted by Crippen LogP contribution is 2.38. The van der Waals surface area contributed by atoms with E-state index in [1.54, 1.807) is 0 Å². The number of piperidine rings is 1. The molecule has 2 heterocycles. The van der Waals surface area contributed by atoms with Crippen LogP contribution in [0.1, 0.15) is 69.8 Å². The molecule has 1 saturated carbocycles. The number of nitrogens with one attached hydrogen (secondary N) is 1. The molecule has 0 aromatic heterocycles. The molecular formula is C30H36Cl2F2N2O2. The van der Waals surface area contributed by atoms with Crippen LogP contribution >= 0.6 is 23.2 Å². The smallest absolute Gasteiger partial charge is 0.226 e. The standard InChI is InChI=1S/C30H36Cl2F2N2O2/c31-25-15-20(29-27(33)17-23(18-28(29)34)38-13-10-21-6-4-5-11-35-21)16-26(32)24(25)14-19-9-12-36(30(19)37)22-7-2-1-3-8-22/h15-19,21-22,35H,1-14H2. The minimum atomic E-state index is -0.732. The number of hydrogen-bond acceptors (Lipinski definition) is 3. The molecule has 0 spiro atoms. The second kappa shape index (κ2) is 12.5. The van der Waals surface area contributed by atoms with E-state index in [2.05, 4.69) is 5.32 Å². The zero-order chi connectivity index (χ0) is 26.6. The van der Waals surface area contributed by atoms with Gasteiger partial charge in [0.1, 0.15) is 17.4 Å². The summed E-state index contributed by atoms with van der Waals surface area (Å²) in [6.07, 6.45) is 11.2. The second-order valence-electron chi connectivity index (χ2n) is 11.0. The van der Waals surface area contributed by atoms with Crippen LogP contribution < -0.4 is 10.1 Å². The zero-order valence-electron chi connectivity index (χ0n) is 21.7. The van der Waals surface area contributed by atoms with Crippen molar-refractivity contribution >= 4 is 29.1 Å². The Balaban J connectivity index is 1.26. The van der Waals surface area contributed by atoms with E-state index in [1.165, 1.54) is 56.4 Å². The maximum atomic E-state index is 15.1. The lowest BCUT2D eigenvalue weighted by Gasteiger charge is -2.31. The first-order valence-corrected chi connectivity index (χ1v) is 14.8. The van der Waals surface area contributed by atoms with Gasteiger partial charge in [0.2, 0.25) is 5.91 Å². The first-order valence-electron chi connectivity index (χ1n) is 14.0. The van der Waals surface area contributed by atoms with Gasteiger partial charge < -0.3 is 15.0 Å². The molecule has 8 heteroatoms. The lowest BCUT2D eigenvalue weighted by molar-refractivity contribution is -0.133. The number of likely N-dealkylation sites (tertiary alicyclic amines) is 1. The third kappa shape index (κ3) is 6.29. The molecule has 3 aliphatic rings. The molecule has 2 atom stereocenters. The summed E-state index contributed by atoms with van der Waals surface area (Å²) < 4.78 is 35.8. The van der Waals surface area contributed by atoms with E-state index in [9.17, 15) is 4.79 Å². The topological polar surface area (TPSA) is 41.6 Å². The number of benzene rings is 2. The van der Waals surface area contributed by atoms with E-state index in [1.807, 2.05) is 4.90 Å². The molecule has 38 heavy (non-hydrogen) atoms. The fraction of sp³-hybridized carbons (Fsp3) is 0.567. The number of hydrogen-bond donors (Lipinski definition) is 1. The molecule has 2 aromatic carbocycles. The molecular weight excluding hydrogens is 529 g/mol. The maximum absolute atomic E-state index is 15.1. The number of ether oxygens (including phenoxy) is 1. The third-order valence-corrected chi connectivity index (χ3v) is 9.08. The normalized spacial score (nSPS) is 22.7. The minimum Gasteiger partial charge on any atom is -0.493 e. The Labute approximate surface area is 234 Å². The monoisotopic (exact) mass is 564 g/mol. The van der Waals surface area contributed by atoms with Crippen LogP contribution in [0.5, 0.6) is 5.75 Å². The van der Waals surface area contributed by atoms with Gasteiger partial charge in [-0.15, -0.1) is 0 Å². The highest BCUT2D eigenvalue weighted by Gasteiger charge is 2.36. The second-order valence-corrected chi connectivity index (χ2v) is 11.8. The minimum absolute atomic E-state index is 0.163. The van der Waals surface area contributed by atoms with E-state index in [4.69, 9.17) is 27.9 Å². The molecule has 1 aliphatic carbocycles. The molecule has 1 amide bonds. The Morgan fingerprint density at radius 3 is 2.26 bits per heavy atom. The van der Waals surface area contributed by atoms with Crippen LogP contribution in [-0.2, 0) is 11.2 Å². The summed E-state index contributed by atoms with van der Waals surface area (Å²) in [7, 11) is 0. The van der Waals surface area contributed by atoms with Crippen molar-refractivity contribution in [3.63, 3.8) is 0 Å². The van der Waals surface area contributed by atoms with Crippen molar-refractivity contribution in [2.45, 2.75) is 82.7 Å². The first-order chi connectivity index (χ1) is 18.4. The molecule has 2 aromatic rings. The molecule has 2 aliphatic heterocycles. The van der Waals surface area contributed by atoms with Gasteiger partial charge in [0, 0.05) is 46.7 Å². The van der Waals surface area contributed by atoms with Gasteiger partial charge in [-0.3, -0.25) is 4.79 Å². The predicted octanol–water partition coefficient (Wildman–Crippen LogP) is 7.57. The van der Waals surface area contributed by atoms with E-state index in [0.717, 1.165) is 45.2 Å². The molecule has 3 fully saturated rings. The Kier molecular flexibility index (Phi) is 9.12. The molecule has 0 bridgehead atoms. The van der Waals surface area contributed by atoms with Gasteiger partial charge in [0.15, 0.2) is 0 Å². The summed E-state index contributed by atoms with van der Waals surface area (Å²) in [5.41, 5.74) is 0.721. The fourth-order valence-corrected chi connectivity index (χ4v) is 6.94. The lowest BCUT2D eigenvalue weighted by atomic mass is 9.93. The Morgan fingerprint density at radius 1 is 0.921 bits per heavy atom. The van der Waals surface area contributed by atoms with Crippen LogP contribution in [0.4, 0.5) is 8.78 Å². The molecule has 2 unspecified atom stereocenters. The van der Waals surface area contributed by atoms with Crippen molar-refractivity contribution in [1.29, 1.82) is 0 Å². The van der Waals surface area contributed by atoms with Crippen LogP contribution in [0, 0.1) is 17.6 Å². The first kappa shape index (κ1) is 27.7. The Bertz CT molecular complexity index is 1100. The van der Waals surface area contributed by atoms with E-state index < -0.39 is 11.6 Å². The van der Waals surface area contributed by atoms with Gasteiger partial charge in [-0.2, -0.15) is 0 Å². The van der Waals surface area contributed by atoms with Gasteiger partial charge in [-0.25, -0.2) is 8.78 Å². The summed E-state index contributed by atoms with van der Waals surface area (Å²) in [5, 5.41) is 4.07. The molecule has 1 N–H and O–H groups in total. The molecule has 5 rings (SSSR count). The fourth-order valence-electron chi connectivity index (χ4n) is 6.29. The van der Waals surface area contributed by atoms with E-state index in [-0.39, 0.29) is 28.7 Å². The lowest BCUT2D eigenvalue weighted by Crippen LogP contribution is -2.39. The van der Waals surface area contributed by atoms with Gasteiger partial charge in [-0.05, 0) is 74.8 Å². The van der Waals surface area contributed by atoms with Gasteiger partial charge in [0.25, 0.3) is 0 Å². The summed E-state index contributed by atoms with van der Waals surface area (Å²) in [6, 6.07) is 6.22. The van der Waals surface area contributed by atoms with Crippen molar-refractivity contribution in [3.05, 3.63) is 51.5 Å². The average Bonchev–Trinajstić information content (AvgIpc) is 3.27. The quantitative estimate of drug-likeness (QED) is 0.359. The van der Waals surface area contributed by atoms with Crippen molar-refractivity contribution < 1.29 is 18.3 Å². The predicted molar refractivity (Wildman–Crippen MR) is 148 cm³/mol. The van der Waals surface area contributed by atoms with Gasteiger partial charge in [-0.1, -0.05) is 48.9 Å². The van der Waals surface area contributed by atoms with E-state index >= 15 is 8.78 Å². The highest BCUT2D eigenvalue weighted by molar-refractivity contribution is 6.36. The number of nitrogens with zero attached hydrogens (tertiary/aromatic N) is 1. The van der Waals surface area contributed by atoms with Gasteiger partial charge >= 0.3 is 0 Å².